The topological polar surface area (TPSA) is 38.7 Å². The van der Waals surface area contributed by atoms with Gasteiger partial charge in [-0.25, -0.2) is 4.98 Å². The average molecular weight is 212 g/mol. The molecule has 0 radical (unpaired) electrons. The summed E-state index contributed by atoms with van der Waals surface area (Å²) in [5, 5.41) is 11.0. The second-order valence-electron chi connectivity index (χ2n) is 2.49. The minimum Gasteiger partial charge on any atom is -0.240 e. The highest BCUT2D eigenvalue weighted by molar-refractivity contribution is 7.09. The molecule has 5 heteroatoms. The van der Waals surface area contributed by atoms with E-state index in [0.717, 1.165) is 16.4 Å². The summed E-state index contributed by atoms with van der Waals surface area (Å²) in [6, 6.07) is 3.52. The number of aryl methyl sites for hydroxylation is 1. The molecule has 0 aromatic carbocycles. The zero-order valence-electron chi connectivity index (χ0n) is 6.86. The lowest BCUT2D eigenvalue weighted by Crippen LogP contribution is -1.87. The van der Waals surface area contributed by atoms with E-state index in [9.17, 15) is 0 Å². The number of aromatic nitrogens is 3. The third-order valence-electron chi connectivity index (χ3n) is 1.51. The van der Waals surface area contributed by atoms with Gasteiger partial charge < -0.3 is 0 Å². The van der Waals surface area contributed by atoms with Crippen LogP contribution in [0.15, 0.2) is 17.5 Å². The molecule has 0 N–H and O–H groups in total. The van der Waals surface area contributed by atoms with E-state index in [4.69, 9.17) is 11.6 Å². The molecule has 0 saturated heterocycles. The van der Waals surface area contributed by atoms with Crippen molar-refractivity contribution in [3.05, 3.63) is 27.7 Å². The van der Waals surface area contributed by atoms with Crippen LogP contribution in [0.4, 0.5) is 0 Å². The number of hydrogen-bond acceptors (Lipinski definition) is 4. The van der Waals surface area contributed by atoms with Crippen molar-refractivity contribution in [1.82, 2.24) is 15.2 Å². The molecule has 2 rings (SSSR count). The zero-order chi connectivity index (χ0) is 9.26. The van der Waals surface area contributed by atoms with E-state index >= 15 is 0 Å². The Bertz CT molecular complexity index is 410. The van der Waals surface area contributed by atoms with Crippen LogP contribution in [0.3, 0.4) is 0 Å². The molecule has 0 spiro atoms. The van der Waals surface area contributed by atoms with Gasteiger partial charge in [0.05, 0.1) is 5.01 Å². The summed E-state index contributed by atoms with van der Waals surface area (Å²) in [6.07, 6.45) is 0. The predicted molar refractivity (Wildman–Crippen MR) is 52.9 cm³/mol. The number of rotatable bonds is 1. The van der Waals surface area contributed by atoms with Gasteiger partial charge in [-0.05, 0) is 19.1 Å². The molecule has 2 aromatic rings. The Morgan fingerprint density at radius 1 is 1.23 bits per heavy atom. The Kier molecular flexibility index (Phi) is 2.24. The lowest BCUT2D eigenvalue weighted by atomic mass is 10.3. The van der Waals surface area contributed by atoms with Crippen LogP contribution in [0.25, 0.3) is 11.4 Å². The van der Waals surface area contributed by atoms with Crippen molar-refractivity contribution >= 4 is 22.9 Å². The average Bonchev–Trinajstić information content (AvgIpc) is 2.53. The summed E-state index contributed by atoms with van der Waals surface area (Å²) >= 11 is 7.20. The molecule has 3 nitrogen and oxygen atoms in total. The van der Waals surface area contributed by atoms with Crippen molar-refractivity contribution in [2.45, 2.75) is 6.92 Å². The van der Waals surface area contributed by atoms with Crippen molar-refractivity contribution in [2.24, 2.45) is 0 Å². The first-order valence-electron chi connectivity index (χ1n) is 3.67. The van der Waals surface area contributed by atoms with Gasteiger partial charge in [-0.15, -0.1) is 21.5 Å². The van der Waals surface area contributed by atoms with Crippen LogP contribution < -0.4 is 0 Å². The summed E-state index contributed by atoms with van der Waals surface area (Å²) in [7, 11) is 0. The Hall–Kier alpha value is -1.00. The summed E-state index contributed by atoms with van der Waals surface area (Å²) in [6.45, 7) is 1.96. The first-order valence-corrected chi connectivity index (χ1v) is 4.93. The van der Waals surface area contributed by atoms with Crippen LogP contribution in [0.2, 0.25) is 5.15 Å². The highest BCUT2D eigenvalue weighted by atomic mass is 35.5. The van der Waals surface area contributed by atoms with Gasteiger partial charge in [-0.1, -0.05) is 11.6 Å². The van der Waals surface area contributed by atoms with Crippen molar-refractivity contribution in [3.8, 4) is 11.4 Å². The molecule has 2 heterocycles. The van der Waals surface area contributed by atoms with E-state index in [2.05, 4.69) is 15.2 Å². The largest absolute Gasteiger partial charge is 0.240 e. The van der Waals surface area contributed by atoms with E-state index < -0.39 is 0 Å². The lowest BCUT2D eigenvalue weighted by molar-refractivity contribution is 1.03. The number of hydrogen-bond donors (Lipinski definition) is 0. The summed E-state index contributed by atoms with van der Waals surface area (Å²) in [5.74, 6) is 0. The highest BCUT2D eigenvalue weighted by Crippen LogP contribution is 2.19. The van der Waals surface area contributed by atoms with Crippen LogP contribution in [0.5, 0.6) is 0 Å². The van der Waals surface area contributed by atoms with Gasteiger partial charge in [-0.3, -0.25) is 0 Å². The summed E-state index contributed by atoms with van der Waals surface area (Å²) in [4.78, 5) is 4.28. The first kappa shape index (κ1) is 8.59. The molecule has 0 fully saturated rings. The number of nitrogens with zero attached hydrogens (tertiary/aromatic N) is 3. The molecule has 2 aromatic heterocycles. The predicted octanol–water partition coefficient (Wildman–Crippen LogP) is 2.56. The van der Waals surface area contributed by atoms with Crippen molar-refractivity contribution < 1.29 is 0 Å². The van der Waals surface area contributed by atoms with E-state index in [1.807, 2.05) is 18.4 Å². The highest BCUT2D eigenvalue weighted by Gasteiger charge is 2.03. The zero-order valence-corrected chi connectivity index (χ0v) is 8.43. The van der Waals surface area contributed by atoms with Crippen LogP contribution in [0.1, 0.15) is 5.01 Å². The third kappa shape index (κ3) is 1.84. The fraction of sp³-hybridized carbons (Fsp3) is 0.125. The molecule has 13 heavy (non-hydrogen) atoms. The maximum atomic E-state index is 5.61. The van der Waals surface area contributed by atoms with Crippen molar-refractivity contribution in [2.75, 3.05) is 0 Å². The van der Waals surface area contributed by atoms with Crippen LogP contribution >= 0.6 is 22.9 Å². The standard InChI is InChI=1S/C8H6ClN3S/c1-5-10-7(4-13-5)6-2-3-8(9)12-11-6/h2-4H,1H3. The molecule has 0 atom stereocenters. The molecule has 0 aliphatic heterocycles. The summed E-state index contributed by atoms with van der Waals surface area (Å²) < 4.78 is 0. The quantitative estimate of drug-likeness (QED) is 0.728. The number of thiazole rings is 1. The van der Waals surface area contributed by atoms with Gasteiger partial charge in [-0.2, -0.15) is 0 Å². The maximum Gasteiger partial charge on any atom is 0.151 e. The normalized spacial score (nSPS) is 10.3. The Morgan fingerprint density at radius 2 is 2.08 bits per heavy atom. The van der Waals surface area contributed by atoms with E-state index in [-0.39, 0.29) is 0 Å². The Balaban J connectivity index is 2.41. The molecular weight excluding hydrogens is 206 g/mol. The second-order valence-corrected chi connectivity index (χ2v) is 3.94. The van der Waals surface area contributed by atoms with Gasteiger partial charge in [0.15, 0.2) is 5.15 Å². The van der Waals surface area contributed by atoms with Crippen LogP contribution in [-0.4, -0.2) is 15.2 Å². The fourth-order valence-corrected chi connectivity index (χ4v) is 1.64. The molecule has 0 aliphatic rings. The number of halogens is 1. The van der Waals surface area contributed by atoms with Crippen LogP contribution in [-0.2, 0) is 0 Å². The van der Waals surface area contributed by atoms with Gasteiger partial charge in [0.25, 0.3) is 0 Å². The van der Waals surface area contributed by atoms with Crippen molar-refractivity contribution in [3.63, 3.8) is 0 Å². The molecule has 0 saturated carbocycles. The Morgan fingerprint density at radius 3 is 2.62 bits per heavy atom. The second kappa shape index (κ2) is 3.40. The monoisotopic (exact) mass is 211 g/mol. The minimum atomic E-state index is 0.399. The van der Waals surface area contributed by atoms with Crippen molar-refractivity contribution in [1.29, 1.82) is 0 Å². The van der Waals surface area contributed by atoms with Gasteiger partial charge >= 0.3 is 0 Å². The summed E-state index contributed by atoms with van der Waals surface area (Å²) in [5.41, 5.74) is 1.61. The third-order valence-corrected chi connectivity index (χ3v) is 2.49. The van der Waals surface area contributed by atoms with Gasteiger partial charge in [0, 0.05) is 5.38 Å². The maximum absolute atomic E-state index is 5.61. The Labute approximate surface area is 84.4 Å². The molecular formula is C8H6ClN3S. The molecule has 0 unspecified atom stereocenters. The minimum absolute atomic E-state index is 0.399. The fourth-order valence-electron chi connectivity index (χ4n) is 0.934. The molecule has 0 bridgehead atoms. The SMILES string of the molecule is Cc1nc(-c2ccc(Cl)nn2)cs1. The smallest absolute Gasteiger partial charge is 0.151 e. The van der Waals surface area contributed by atoms with Gasteiger partial charge in [0.1, 0.15) is 11.4 Å². The van der Waals surface area contributed by atoms with E-state index in [1.165, 1.54) is 0 Å². The van der Waals surface area contributed by atoms with E-state index in [0.29, 0.717) is 5.15 Å². The lowest BCUT2D eigenvalue weighted by Gasteiger charge is -1.92. The molecule has 0 aliphatic carbocycles. The molecule has 66 valence electrons. The van der Waals surface area contributed by atoms with Crippen LogP contribution in [0, 0.1) is 6.92 Å². The van der Waals surface area contributed by atoms with Gasteiger partial charge in [0.2, 0.25) is 0 Å². The molecule has 0 amide bonds. The first-order chi connectivity index (χ1) is 6.25. The van der Waals surface area contributed by atoms with E-state index in [1.54, 1.807) is 17.4 Å².